The number of hydrogen-bond acceptors (Lipinski definition) is 2. The maximum Gasteiger partial charge on any atom is 0.308 e. The first-order valence-corrected chi connectivity index (χ1v) is 5.37. The molecular weight excluding hydrogens is 164 g/mol. The van der Waals surface area contributed by atoms with Gasteiger partial charge in [0, 0.05) is 0 Å². The van der Waals surface area contributed by atoms with E-state index >= 15 is 0 Å². The van der Waals surface area contributed by atoms with E-state index in [0.29, 0.717) is 5.92 Å². The van der Waals surface area contributed by atoms with Crippen molar-refractivity contribution in [2.24, 2.45) is 11.8 Å². The Hall–Kier alpha value is -0.530. The Balaban J connectivity index is 2.39. The zero-order valence-corrected chi connectivity index (χ0v) is 8.71. The summed E-state index contributed by atoms with van der Waals surface area (Å²) in [5.74, 6) is 0.822. The van der Waals surface area contributed by atoms with Crippen molar-refractivity contribution in [3.05, 3.63) is 0 Å². The average Bonchev–Trinajstić information content (AvgIpc) is 2.61. The molecule has 0 aliphatic heterocycles. The second-order valence-electron chi connectivity index (χ2n) is 3.96. The molecule has 0 saturated heterocycles. The summed E-state index contributed by atoms with van der Waals surface area (Å²) in [5.41, 5.74) is 0. The van der Waals surface area contributed by atoms with Crippen molar-refractivity contribution in [3.8, 4) is 0 Å². The van der Waals surface area contributed by atoms with Crippen LogP contribution in [0.3, 0.4) is 0 Å². The predicted molar refractivity (Wildman–Crippen MR) is 52.4 cm³/mol. The van der Waals surface area contributed by atoms with Gasteiger partial charge in [-0.2, -0.15) is 0 Å². The molecule has 1 aliphatic rings. The number of esters is 1. The van der Waals surface area contributed by atoms with Gasteiger partial charge in [0.25, 0.3) is 0 Å². The van der Waals surface area contributed by atoms with Crippen LogP contribution in [0.25, 0.3) is 0 Å². The molecule has 13 heavy (non-hydrogen) atoms. The van der Waals surface area contributed by atoms with Crippen LogP contribution in [0.4, 0.5) is 0 Å². The van der Waals surface area contributed by atoms with Crippen LogP contribution in [0.5, 0.6) is 0 Å². The van der Waals surface area contributed by atoms with Gasteiger partial charge in [-0.15, -0.1) is 0 Å². The van der Waals surface area contributed by atoms with E-state index in [2.05, 4.69) is 6.92 Å². The van der Waals surface area contributed by atoms with Crippen molar-refractivity contribution in [1.29, 1.82) is 0 Å². The van der Waals surface area contributed by atoms with Crippen molar-refractivity contribution in [3.63, 3.8) is 0 Å². The Labute approximate surface area is 80.7 Å². The van der Waals surface area contributed by atoms with E-state index in [1.165, 1.54) is 39.2 Å². The SMILES string of the molecule is CCCCC1CCCC1C(=O)OC. The van der Waals surface area contributed by atoms with Crippen LogP contribution in [0, 0.1) is 11.8 Å². The summed E-state index contributed by atoms with van der Waals surface area (Å²) < 4.78 is 4.81. The Morgan fingerprint density at radius 1 is 1.46 bits per heavy atom. The smallest absolute Gasteiger partial charge is 0.308 e. The van der Waals surface area contributed by atoms with Crippen molar-refractivity contribution < 1.29 is 9.53 Å². The topological polar surface area (TPSA) is 26.3 Å². The van der Waals surface area contributed by atoms with Crippen molar-refractivity contribution in [1.82, 2.24) is 0 Å². The third kappa shape index (κ3) is 2.71. The number of carbonyl (C=O) groups is 1. The fourth-order valence-corrected chi connectivity index (χ4v) is 2.31. The maximum absolute atomic E-state index is 11.4. The highest BCUT2D eigenvalue weighted by atomic mass is 16.5. The second kappa shape index (κ2) is 5.25. The molecule has 0 amide bonds. The molecule has 76 valence electrons. The monoisotopic (exact) mass is 184 g/mol. The van der Waals surface area contributed by atoms with Crippen LogP contribution in [0.1, 0.15) is 45.4 Å². The molecule has 0 spiro atoms. The standard InChI is InChI=1S/C11H20O2/c1-3-4-6-9-7-5-8-10(9)11(12)13-2/h9-10H,3-8H2,1-2H3. The quantitative estimate of drug-likeness (QED) is 0.628. The summed E-state index contributed by atoms with van der Waals surface area (Å²) in [6.45, 7) is 2.20. The number of unbranched alkanes of at least 4 members (excludes halogenated alkanes) is 1. The molecule has 2 atom stereocenters. The zero-order valence-electron chi connectivity index (χ0n) is 8.71. The molecule has 1 rings (SSSR count). The molecule has 1 saturated carbocycles. The van der Waals surface area contributed by atoms with Gasteiger partial charge in [0.15, 0.2) is 0 Å². The maximum atomic E-state index is 11.4. The molecule has 1 aliphatic carbocycles. The number of ether oxygens (including phenoxy) is 1. The highest BCUT2D eigenvalue weighted by Gasteiger charge is 2.32. The Morgan fingerprint density at radius 3 is 2.85 bits per heavy atom. The Bertz CT molecular complexity index is 165. The van der Waals surface area contributed by atoms with Gasteiger partial charge in [-0.05, 0) is 25.2 Å². The molecule has 0 bridgehead atoms. The molecule has 2 unspecified atom stereocenters. The number of hydrogen-bond donors (Lipinski definition) is 0. The van der Waals surface area contributed by atoms with Gasteiger partial charge < -0.3 is 4.74 Å². The molecule has 1 fully saturated rings. The fourth-order valence-electron chi connectivity index (χ4n) is 2.31. The molecule has 0 N–H and O–H groups in total. The summed E-state index contributed by atoms with van der Waals surface area (Å²) in [4.78, 5) is 11.4. The fraction of sp³-hybridized carbons (Fsp3) is 0.909. The average molecular weight is 184 g/mol. The number of rotatable bonds is 4. The number of methoxy groups -OCH3 is 1. The third-order valence-electron chi connectivity index (χ3n) is 3.09. The van der Waals surface area contributed by atoms with Crippen LogP contribution < -0.4 is 0 Å². The minimum Gasteiger partial charge on any atom is -0.469 e. The summed E-state index contributed by atoms with van der Waals surface area (Å²) in [6.07, 6.45) is 7.15. The zero-order chi connectivity index (χ0) is 9.68. The highest BCUT2D eigenvalue weighted by molar-refractivity contribution is 5.72. The third-order valence-corrected chi connectivity index (χ3v) is 3.09. The predicted octanol–water partition coefficient (Wildman–Crippen LogP) is 2.77. The van der Waals surface area contributed by atoms with Gasteiger partial charge >= 0.3 is 5.97 Å². The first kappa shape index (κ1) is 10.6. The van der Waals surface area contributed by atoms with Crippen LogP contribution in [0.2, 0.25) is 0 Å². The van der Waals surface area contributed by atoms with Crippen LogP contribution in [-0.2, 0) is 9.53 Å². The minimum atomic E-state index is 0.0126. The molecule has 0 radical (unpaired) electrons. The van der Waals surface area contributed by atoms with E-state index in [9.17, 15) is 4.79 Å². The van der Waals surface area contributed by atoms with E-state index in [4.69, 9.17) is 4.74 Å². The van der Waals surface area contributed by atoms with Gasteiger partial charge in [-0.1, -0.05) is 26.2 Å². The lowest BCUT2D eigenvalue weighted by Gasteiger charge is -2.16. The first-order chi connectivity index (χ1) is 6.29. The van der Waals surface area contributed by atoms with Crippen LogP contribution in [0.15, 0.2) is 0 Å². The summed E-state index contributed by atoms with van der Waals surface area (Å²) in [6, 6.07) is 0. The molecule has 0 aromatic rings. The van der Waals surface area contributed by atoms with Gasteiger partial charge in [0.05, 0.1) is 13.0 Å². The summed E-state index contributed by atoms with van der Waals surface area (Å²) >= 11 is 0. The van der Waals surface area contributed by atoms with Gasteiger partial charge in [0.2, 0.25) is 0 Å². The Kier molecular flexibility index (Phi) is 4.26. The van der Waals surface area contributed by atoms with E-state index in [1.807, 2.05) is 0 Å². The molecular formula is C11H20O2. The van der Waals surface area contributed by atoms with Gasteiger partial charge in [-0.25, -0.2) is 0 Å². The minimum absolute atomic E-state index is 0.0126. The van der Waals surface area contributed by atoms with Crippen molar-refractivity contribution >= 4 is 5.97 Å². The van der Waals surface area contributed by atoms with Gasteiger partial charge in [-0.3, -0.25) is 4.79 Å². The molecule has 0 heterocycles. The van der Waals surface area contributed by atoms with Crippen LogP contribution >= 0.6 is 0 Å². The largest absolute Gasteiger partial charge is 0.469 e. The van der Waals surface area contributed by atoms with Crippen molar-refractivity contribution in [2.45, 2.75) is 45.4 Å². The molecule has 2 nitrogen and oxygen atoms in total. The second-order valence-corrected chi connectivity index (χ2v) is 3.96. The summed E-state index contributed by atoms with van der Waals surface area (Å²) in [7, 11) is 1.50. The molecule has 2 heteroatoms. The molecule has 0 aromatic carbocycles. The molecule has 0 aromatic heterocycles. The lowest BCUT2D eigenvalue weighted by atomic mass is 9.91. The van der Waals surface area contributed by atoms with E-state index in [1.54, 1.807) is 0 Å². The van der Waals surface area contributed by atoms with Crippen LogP contribution in [-0.4, -0.2) is 13.1 Å². The van der Waals surface area contributed by atoms with E-state index < -0.39 is 0 Å². The summed E-state index contributed by atoms with van der Waals surface area (Å²) in [5, 5.41) is 0. The lowest BCUT2D eigenvalue weighted by molar-refractivity contribution is -0.146. The highest BCUT2D eigenvalue weighted by Crippen LogP contribution is 2.35. The Morgan fingerprint density at radius 2 is 2.23 bits per heavy atom. The lowest BCUT2D eigenvalue weighted by Crippen LogP contribution is -2.20. The normalized spacial score (nSPS) is 27.5. The van der Waals surface area contributed by atoms with E-state index in [-0.39, 0.29) is 11.9 Å². The van der Waals surface area contributed by atoms with Crippen molar-refractivity contribution in [2.75, 3.05) is 7.11 Å². The first-order valence-electron chi connectivity index (χ1n) is 5.37. The van der Waals surface area contributed by atoms with Gasteiger partial charge in [0.1, 0.15) is 0 Å². The number of carbonyl (C=O) groups excluding carboxylic acids is 1. The van der Waals surface area contributed by atoms with E-state index in [0.717, 1.165) is 6.42 Å².